The normalized spacial score (nSPS) is 17.7. The molecule has 1 saturated heterocycles. The summed E-state index contributed by atoms with van der Waals surface area (Å²) in [4.78, 5) is 30.4. The molecule has 1 aliphatic rings. The predicted molar refractivity (Wildman–Crippen MR) is 163 cm³/mol. The summed E-state index contributed by atoms with van der Waals surface area (Å²) in [5.41, 5.74) is 0.302. The number of likely N-dealkylation sites (tertiary alicyclic amines) is 1. The first-order valence-electron chi connectivity index (χ1n) is 13.3. The number of alkyl halides is 1. The van der Waals surface area contributed by atoms with Crippen LogP contribution in [-0.2, 0) is 18.5 Å². The summed E-state index contributed by atoms with van der Waals surface area (Å²) in [6, 6.07) is 11.2. The maximum Gasteiger partial charge on any atom is 0.231 e. The van der Waals surface area contributed by atoms with Gasteiger partial charge in [0.15, 0.2) is 0 Å². The molecule has 0 radical (unpaired) electrons. The minimum Gasteiger partial charge on any atom is -0.393 e. The number of hydrogen-bond donors (Lipinski definition) is 2. The van der Waals surface area contributed by atoms with Gasteiger partial charge in [0.1, 0.15) is 9.36 Å². The zero-order valence-corrected chi connectivity index (χ0v) is 26.3. The molecule has 1 fully saturated rings. The van der Waals surface area contributed by atoms with Crippen molar-refractivity contribution in [2.75, 3.05) is 32.8 Å². The van der Waals surface area contributed by atoms with Gasteiger partial charge in [0.05, 0.1) is 22.1 Å². The number of piperidine rings is 1. The summed E-state index contributed by atoms with van der Waals surface area (Å²) < 4.78 is 12.4. The highest BCUT2D eigenvalue weighted by atomic mass is 127. The van der Waals surface area contributed by atoms with E-state index in [2.05, 4.69) is 17.1 Å². The van der Waals surface area contributed by atoms with E-state index in [1.165, 1.54) is 12.1 Å². The van der Waals surface area contributed by atoms with Crippen molar-refractivity contribution in [2.24, 2.45) is 0 Å². The highest BCUT2D eigenvalue weighted by Crippen LogP contribution is 2.36. The lowest BCUT2D eigenvalue weighted by Crippen LogP contribution is -2.53. The molecule has 1 unspecified atom stereocenters. The van der Waals surface area contributed by atoms with E-state index in [1.54, 1.807) is 37.3 Å². The Morgan fingerprint density at radius 1 is 1.13 bits per heavy atom. The summed E-state index contributed by atoms with van der Waals surface area (Å²) in [5.74, 6) is -0.562. The third-order valence-corrected chi connectivity index (χ3v) is 9.66. The molecule has 1 heterocycles. The zero-order chi connectivity index (χ0) is 28.8. The van der Waals surface area contributed by atoms with Gasteiger partial charge in [0, 0.05) is 32.6 Å². The van der Waals surface area contributed by atoms with Gasteiger partial charge in [0.2, 0.25) is 11.8 Å². The molecule has 214 valence electrons. The number of nitrogens with one attached hydrogen (secondary N) is 1. The summed E-state index contributed by atoms with van der Waals surface area (Å²) in [6.07, 6.45) is 3.21. The van der Waals surface area contributed by atoms with Crippen LogP contribution in [-0.4, -0.2) is 65.5 Å². The molecule has 2 aromatic carbocycles. The molecule has 0 aromatic heterocycles. The van der Waals surface area contributed by atoms with Crippen molar-refractivity contribution in [3.05, 3.63) is 69.5 Å². The van der Waals surface area contributed by atoms with Crippen molar-refractivity contribution < 1.29 is 19.1 Å². The summed E-state index contributed by atoms with van der Waals surface area (Å²) in [7, 11) is 0. The van der Waals surface area contributed by atoms with Gasteiger partial charge in [-0.2, -0.15) is 0 Å². The molecule has 2 N–H and O–H groups in total. The SMILES string of the molecule is CCCN(C(C)=O)C1CCN(CCC(C)(C(=O)N[C@](I)(CO)c2ccc(F)cc2)c2ccc(Cl)c(Cl)c2)CC1. The molecule has 2 atom stereocenters. The number of hydrogen-bond acceptors (Lipinski definition) is 4. The Kier molecular flexibility index (Phi) is 11.5. The second kappa shape index (κ2) is 13.9. The maximum atomic E-state index is 14.0. The van der Waals surface area contributed by atoms with Crippen LogP contribution in [0.3, 0.4) is 0 Å². The van der Waals surface area contributed by atoms with Gasteiger partial charge >= 0.3 is 0 Å². The van der Waals surface area contributed by atoms with Crippen LogP contribution in [0.4, 0.5) is 4.39 Å². The number of carbonyl (C=O) groups excluding carboxylic acids is 2. The number of carbonyl (C=O) groups is 2. The van der Waals surface area contributed by atoms with Gasteiger partial charge in [-0.25, -0.2) is 4.39 Å². The van der Waals surface area contributed by atoms with Crippen LogP contribution in [0.5, 0.6) is 0 Å². The molecule has 1 aliphatic heterocycles. The van der Waals surface area contributed by atoms with E-state index >= 15 is 0 Å². The van der Waals surface area contributed by atoms with Crippen LogP contribution in [0.15, 0.2) is 42.5 Å². The van der Waals surface area contributed by atoms with Crippen LogP contribution in [0.25, 0.3) is 0 Å². The second-order valence-electron chi connectivity index (χ2n) is 10.4. The molecule has 0 aliphatic carbocycles. The maximum absolute atomic E-state index is 14.0. The van der Waals surface area contributed by atoms with E-state index in [9.17, 15) is 19.1 Å². The summed E-state index contributed by atoms with van der Waals surface area (Å²) in [6.45, 7) is 8.30. The Labute approximate surface area is 254 Å². The Bertz CT molecular complexity index is 1150. The standard InChI is InChI=1S/C29H37Cl2FIN3O3/c1-4-14-36(20(2)38)24-11-15-35(16-12-24)17-13-28(3,22-7-10-25(30)26(31)18-22)27(39)34-29(33,19-37)21-5-8-23(32)9-6-21/h5-10,18,24,37H,4,11-17,19H2,1-3H3,(H,34,39)/t28?,29-/m1/s1. The summed E-state index contributed by atoms with van der Waals surface area (Å²) in [5, 5.41) is 14.0. The average molecular weight is 692 g/mol. The molecule has 10 heteroatoms. The third-order valence-electron chi connectivity index (χ3n) is 7.68. The monoisotopic (exact) mass is 691 g/mol. The molecule has 0 spiro atoms. The lowest BCUT2D eigenvalue weighted by Gasteiger charge is -2.40. The molecule has 2 amide bonds. The summed E-state index contributed by atoms with van der Waals surface area (Å²) >= 11 is 14.5. The first kappa shape index (κ1) is 32.1. The van der Waals surface area contributed by atoms with Gasteiger partial charge in [-0.1, -0.05) is 48.3 Å². The van der Waals surface area contributed by atoms with Crippen molar-refractivity contribution >= 4 is 57.6 Å². The molecule has 39 heavy (non-hydrogen) atoms. The lowest BCUT2D eigenvalue weighted by atomic mass is 9.78. The van der Waals surface area contributed by atoms with Crippen LogP contribution >= 0.6 is 45.8 Å². The van der Waals surface area contributed by atoms with Gasteiger partial charge in [-0.15, -0.1) is 0 Å². The fourth-order valence-electron chi connectivity index (χ4n) is 5.14. The van der Waals surface area contributed by atoms with Crippen LogP contribution in [0.1, 0.15) is 57.6 Å². The quantitative estimate of drug-likeness (QED) is 0.175. The van der Waals surface area contributed by atoms with Gasteiger partial charge in [0.25, 0.3) is 0 Å². The van der Waals surface area contributed by atoms with Crippen LogP contribution < -0.4 is 5.32 Å². The number of aliphatic hydroxyl groups is 1. The topological polar surface area (TPSA) is 72.9 Å². The van der Waals surface area contributed by atoms with Crippen LogP contribution in [0, 0.1) is 5.82 Å². The van der Waals surface area contributed by atoms with Crippen molar-refractivity contribution in [1.29, 1.82) is 0 Å². The molecule has 6 nitrogen and oxygen atoms in total. The molecular formula is C29H37Cl2FIN3O3. The molecule has 0 saturated carbocycles. The number of amides is 2. The van der Waals surface area contributed by atoms with E-state index in [0.29, 0.717) is 34.1 Å². The largest absolute Gasteiger partial charge is 0.393 e. The minimum atomic E-state index is -1.15. The molecular weight excluding hydrogens is 655 g/mol. The van der Waals surface area contributed by atoms with E-state index in [1.807, 2.05) is 34.4 Å². The fraction of sp³-hybridized carbons (Fsp3) is 0.517. The van der Waals surface area contributed by atoms with E-state index in [-0.39, 0.29) is 24.5 Å². The number of rotatable bonds is 11. The molecule has 3 rings (SSSR count). The fourth-order valence-corrected chi connectivity index (χ4v) is 6.04. The van der Waals surface area contributed by atoms with Crippen molar-refractivity contribution in [3.63, 3.8) is 0 Å². The van der Waals surface area contributed by atoms with Crippen LogP contribution in [0.2, 0.25) is 10.0 Å². The van der Waals surface area contributed by atoms with Gasteiger partial charge < -0.3 is 20.2 Å². The molecule has 0 bridgehead atoms. The van der Waals surface area contributed by atoms with Crippen molar-refractivity contribution in [3.8, 4) is 0 Å². The smallest absolute Gasteiger partial charge is 0.231 e. The predicted octanol–water partition coefficient (Wildman–Crippen LogP) is 5.90. The van der Waals surface area contributed by atoms with E-state index in [0.717, 1.165) is 38.9 Å². The third kappa shape index (κ3) is 7.85. The molecule has 2 aromatic rings. The Hall–Kier alpha value is -1.46. The Morgan fingerprint density at radius 2 is 1.74 bits per heavy atom. The Morgan fingerprint density at radius 3 is 2.28 bits per heavy atom. The lowest BCUT2D eigenvalue weighted by molar-refractivity contribution is -0.132. The number of nitrogens with zero attached hydrogens (tertiary/aromatic N) is 2. The van der Waals surface area contributed by atoms with Gasteiger partial charge in [-0.05, 0) is 97.1 Å². The Balaban J connectivity index is 1.80. The number of benzene rings is 2. The minimum absolute atomic E-state index is 0.117. The highest BCUT2D eigenvalue weighted by molar-refractivity contribution is 14.1. The first-order valence-corrected chi connectivity index (χ1v) is 15.1. The first-order chi connectivity index (χ1) is 18.4. The average Bonchev–Trinajstić information content (AvgIpc) is 2.92. The number of aliphatic hydroxyl groups excluding tert-OH is 1. The highest BCUT2D eigenvalue weighted by Gasteiger charge is 2.41. The van der Waals surface area contributed by atoms with Crippen molar-refractivity contribution in [1.82, 2.24) is 15.1 Å². The zero-order valence-electron chi connectivity index (χ0n) is 22.7. The van der Waals surface area contributed by atoms with Crippen molar-refractivity contribution in [2.45, 2.75) is 61.5 Å². The number of halogens is 4. The van der Waals surface area contributed by atoms with E-state index < -0.39 is 14.8 Å². The van der Waals surface area contributed by atoms with Gasteiger partial charge in [-0.3, -0.25) is 9.59 Å². The van der Waals surface area contributed by atoms with E-state index in [4.69, 9.17) is 23.2 Å². The second-order valence-corrected chi connectivity index (χ2v) is 13.1.